The van der Waals surface area contributed by atoms with E-state index in [0.717, 1.165) is 32.1 Å². The molecule has 0 heterocycles. The average Bonchev–Trinajstić information content (AvgIpc) is 3.19. The molecule has 2 N–H and O–H groups in total. The lowest BCUT2D eigenvalue weighted by Gasteiger charge is -2.41. The Kier molecular flexibility index (Phi) is 5.30. The normalized spacial score (nSPS) is 23.1. The zero-order chi connectivity index (χ0) is 14.5. The Hall–Kier alpha value is -0.770. The summed E-state index contributed by atoms with van der Waals surface area (Å²) in [6.07, 6.45) is 9.19. The van der Waals surface area contributed by atoms with E-state index in [9.17, 15) is 0 Å². The highest BCUT2D eigenvalue weighted by Crippen LogP contribution is 2.48. The second-order valence-corrected chi connectivity index (χ2v) is 6.73. The van der Waals surface area contributed by atoms with Crippen molar-refractivity contribution in [2.75, 3.05) is 33.9 Å². The highest BCUT2D eigenvalue weighted by molar-refractivity contribution is 5.79. The van der Waals surface area contributed by atoms with Crippen molar-refractivity contribution in [1.82, 2.24) is 10.6 Å². The van der Waals surface area contributed by atoms with Gasteiger partial charge in [0.15, 0.2) is 5.96 Å². The number of guanidine groups is 1. The van der Waals surface area contributed by atoms with E-state index in [1.807, 2.05) is 7.05 Å². The first-order valence-electron chi connectivity index (χ1n) is 8.11. The summed E-state index contributed by atoms with van der Waals surface area (Å²) in [7, 11) is 3.65. The van der Waals surface area contributed by atoms with Crippen molar-refractivity contribution in [1.29, 1.82) is 0 Å². The van der Waals surface area contributed by atoms with Crippen molar-refractivity contribution in [2.45, 2.75) is 51.9 Å². The van der Waals surface area contributed by atoms with E-state index in [-0.39, 0.29) is 0 Å². The van der Waals surface area contributed by atoms with Gasteiger partial charge in [0.05, 0.1) is 0 Å². The molecule has 0 aliphatic heterocycles. The number of rotatable bonds is 8. The van der Waals surface area contributed by atoms with Crippen molar-refractivity contribution in [3.8, 4) is 0 Å². The van der Waals surface area contributed by atoms with Gasteiger partial charge < -0.3 is 15.4 Å². The number of hydrogen-bond acceptors (Lipinski definition) is 2. The Bertz CT molecular complexity index is 327. The van der Waals surface area contributed by atoms with Crippen LogP contribution in [-0.2, 0) is 4.74 Å². The lowest BCUT2D eigenvalue weighted by Crippen LogP contribution is -2.47. The highest BCUT2D eigenvalue weighted by atomic mass is 16.5. The molecule has 0 unspecified atom stereocenters. The molecule has 0 aromatic carbocycles. The molecule has 0 atom stereocenters. The molecule has 116 valence electrons. The van der Waals surface area contributed by atoms with E-state index in [1.165, 1.54) is 38.5 Å². The van der Waals surface area contributed by atoms with Crippen molar-refractivity contribution in [2.24, 2.45) is 15.8 Å². The molecule has 0 aromatic rings. The first-order chi connectivity index (χ1) is 9.67. The van der Waals surface area contributed by atoms with Crippen molar-refractivity contribution < 1.29 is 4.74 Å². The van der Waals surface area contributed by atoms with Gasteiger partial charge in [0.1, 0.15) is 0 Å². The lowest BCUT2D eigenvalue weighted by molar-refractivity contribution is 0.131. The maximum atomic E-state index is 5.21. The summed E-state index contributed by atoms with van der Waals surface area (Å²) >= 11 is 0. The van der Waals surface area contributed by atoms with Gasteiger partial charge in [-0.15, -0.1) is 0 Å². The summed E-state index contributed by atoms with van der Waals surface area (Å²) in [5.41, 5.74) is 0.998. The number of nitrogens with one attached hydrogen (secondary N) is 2. The second-order valence-electron chi connectivity index (χ2n) is 6.73. The predicted molar refractivity (Wildman–Crippen MR) is 84.1 cm³/mol. The van der Waals surface area contributed by atoms with Crippen LogP contribution in [0, 0.1) is 10.8 Å². The lowest BCUT2D eigenvalue weighted by atomic mass is 9.67. The number of methoxy groups -OCH3 is 1. The Morgan fingerprint density at radius 2 is 1.75 bits per heavy atom. The minimum atomic E-state index is 0.465. The summed E-state index contributed by atoms with van der Waals surface area (Å²) in [5.74, 6) is 0.966. The average molecular weight is 281 g/mol. The Morgan fingerprint density at radius 3 is 2.15 bits per heavy atom. The smallest absolute Gasteiger partial charge is 0.191 e. The number of nitrogens with zero attached hydrogens (tertiary/aromatic N) is 1. The molecule has 0 spiro atoms. The van der Waals surface area contributed by atoms with Gasteiger partial charge in [-0.05, 0) is 49.4 Å². The molecule has 2 aliphatic rings. The van der Waals surface area contributed by atoms with Gasteiger partial charge in [0.25, 0.3) is 0 Å². The van der Waals surface area contributed by atoms with E-state index < -0.39 is 0 Å². The Balaban J connectivity index is 1.70. The number of hydrogen-bond donors (Lipinski definition) is 2. The molecule has 2 saturated carbocycles. The molecule has 0 radical (unpaired) electrons. The number of ether oxygens (including phenoxy) is 1. The van der Waals surface area contributed by atoms with Crippen LogP contribution in [0.5, 0.6) is 0 Å². The van der Waals surface area contributed by atoms with Gasteiger partial charge >= 0.3 is 0 Å². The van der Waals surface area contributed by atoms with Crippen molar-refractivity contribution in [3.05, 3.63) is 0 Å². The monoisotopic (exact) mass is 281 g/mol. The first kappa shape index (κ1) is 15.6. The Morgan fingerprint density at radius 1 is 1.10 bits per heavy atom. The molecule has 2 aliphatic carbocycles. The van der Waals surface area contributed by atoms with Crippen molar-refractivity contribution >= 4 is 5.96 Å². The van der Waals surface area contributed by atoms with Crippen LogP contribution in [0.1, 0.15) is 51.9 Å². The third kappa shape index (κ3) is 3.87. The van der Waals surface area contributed by atoms with Crippen LogP contribution in [0.15, 0.2) is 4.99 Å². The SMILES string of the molecule is CCC1(CNC(=NC)NCC2(CCOC)CC2)CCC1. The molecular weight excluding hydrogens is 250 g/mol. The Labute approximate surface area is 123 Å². The van der Waals surface area contributed by atoms with Crippen LogP contribution in [0.3, 0.4) is 0 Å². The van der Waals surface area contributed by atoms with Crippen LogP contribution in [0.4, 0.5) is 0 Å². The summed E-state index contributed by atoms with van der Waals surface area (Å²) in [4.78, 5) is 4.36. The van der Waals surface area contributed by atoms with Gasteiger partial charge in [-0.25, -0.2) is 0 Å². The second kappa shape index (κ2) is 6.79. The number of aliphatic imine (C=N–C) groups is 1. The van der Waals surface area contributed by atoms with Crippen LogP contribution < -0.4 is 10.6 Å². The summed E-state index contributed by atoms with van der Waals surface area (Å²) in [6, 6.07) is 0. The zero-order valence-electron chi connectivity index (χ0n) is 13.4. The van der Waals surface area contributed by atoms with Gasteiger partial charge in [-0.3, -0.25) is 4.99 Å². The largest absolute Gasteiger partial charge is 0.385 e. The molecule has 0 bridgehead atoms. The molecule has 4 nitrogen and oxygen atoms in total. The van der Waals surface area contributed by atoms with Gasteiger partial charge in [0.2, 0.25) is 0 Å². The van der Waals surface area contributed by atoms with Crippen LogP contribution >= 0.6 is 0 Å². The first-order valence-corrected chi connectivity index (χ1v) is 8.11. The van der Waals surface area contributed by atoms with E-state index in [0.29, 0.717) is 10.8 Å². The predicted octanol–water partition coefficient (Wildman–Crippen LogP) is 2.55. The molecule has 2 rings (SSSR count). The molecule has 20 heavy (non-hydrogen) atoms. The van der Waals surface area contributed by atoms with E-state index >= 15 is 0 Å². The third-order valence-corrected chi connectivity index (χ3v) is 5.44. The maximum Gasteiger partial charge on any atom is 0.191 e. The fraction of sp³-hybridized carbons (Fsp3) is 0.938. The fourth-order valence-electron chi connectivity index (χ4n) is 3.11. The fourth-order valence-corrected chi connectivity index (χ4v) is 3.11. The summed E-state index contributed by atoms with van der Waals surface area (Å²) < 4.78 is 5.21. The molecule has 0 aromatic heterocycles. The minimum absolute atomic E-state index is 0.465. The highest BCUT2D eigenvalue weighted by Gasteiger charge is 2.42. The van der Waals surface area contributed by atoms with Gasteiger partial charge in [-0.2, -0.15) is 0 Å². The standard InChI is InChI=1S/C16H31N3O/c1-4-15(6-5-7-15)12-18-14(17-2)19-13-16(8-9-16)10-11-20-3/h4-13H2,1-3H3,(H2,17,18,19). The van der Waals surface area contributed by atoms with E-state index in [2.05, 4.69) is 22.5 Å². The van der Waals surface area contributed by atoms with Crippen molar-refractivity contribution in [3.63, 3.8) is 0 Å². The topological polar surface area (TPSA) is 45.7 Å². The minimum Gasteiger partial charge on any atom is -0.385 e. The molecule has 4 heteroatoms. The van der Waals surface area contributed by atoms with Gasteiger partial charge in [-0.1, -0.05) is 13.3 Å². The third-order valence-electron chi connectivity index (χ3n) is 5.44. The zero-order valence-corrected chi connectivity index (χ0v) is 13.4. The van der Waals surface area contributed by atoms with Crippen LogP contribution in [-0.4, -0.2) is 39.8 Å². The van der Waals surface area contributed by atoms with Crippen LogP contribution in [0.25, 0.3) is 0 Å². The summed E-state index contributed by atoms with van der Waals surface area (Å²) in [5, 5.41) is 7.04. The molecule has 0 amide bonds. The molecule has 2 fully saturated rings. The maximum absolute atomic E-state index is 5.21. The van der Waals surface area contributed by atoms with E-state index in [4.69, 9.17) is 4.74 Å². The molecular formula is C16H31N3O. The van der Waals surface area contributed by atoms with Crippen LogP contribution in [0.2, 0.25) is 0 Å². The summed E-state index contributed by atoms with van der Waals surface area (Å²) in [6.45, 7) is 5.26. The van der Waals surface area contributed by atoms with E-state index in [1.54, 1.807) is 7.11 Å². The van der Waals surface area contributed by atoms with Gasteiger partial charge in [0, 0.05) is 33.9 Å². The molecule has 0 saturated heterocycles. The quantitative estimate of drug-likeness (QED) is 0.531.